The molecule has 5 nitrogen and oxygen atoms in total. The van der Waals surface area contributed by atoms with Crippen molar-refractivity contribution >= 4 is 43.9 Å². The Morgan fingerprint density at radius 3 is 1.76 bits per heavy atom. The van der Waals surface area contributed by atoms with Crippen molar-refractivity contribution in [1.29, 1.82) is 0 Å². The van der Waals surface area contributed by atoms with Crippen molar-refractivity contribution in [3.63, 3.8) is 0 Å². The van der Waals surface area contributed by atoms with Crippen LogP contribution in [0.25, 0.3) is 100 Å². The van der Waals surface area contributed by atoms with Crippen LogP contribution in [0.2, 0.25) is 0 Å². The van der Waals surface area contributed by atoms with Gasteiger partial charge in [0.2, 0.25) is 0 Å². The van der Waals surface area contributed by atoms with Crippen LogP contribution in [0, 0.1) is 0 Å². The molecule has 0 amide bonds. The van der Waals surface area contributed by atoms with Crippen molar-refractivity contribution < 1.29 is 17.1 Å². The quantitative estimate of drug-likeness (QED) is 0.186. The van der Waals surface area contributed by atoms with Crippen LogP contribution in [0.1, 0.15) is 8.22 Å². The summed E-state index contributed by atoms with van der Waals surface area (Å²) in [7, 11) is 0. The first kappa shape index (κ1) is 22.7. The van der Waals surface area contributed by atoms with Crippen LogP contribution in [0.4, 0.5) is 0 Å². The molecule has 0 N–H and O–H groups in total. The molecule has 0 radical (unpaired) electrons. The summed E-state index contributed by atoms with van der Waals surface area (Å²) in [5, 5.41) is 2.05. The van der Waals surface area contributed by atoms with Gasteiger partial charge >= 0.3 is 0 Å². The standard InChI is InChI=1S/C45H27N3O2/c1-3-11-28(12-4-1)33-15-7-8-16-34(33)30-21-24-40-38(25-30)37-23-20-32(27-42(37)50-40)45-47-43(29-13-5-2-6-14-29)46-44(48-45)31-19-22-36-35-17-9-10-18-39(35)49-41(36)26-31/h1-27H/i20D,21D,23D,24D,25D,27D. The van der Waals surface area contributed by atoms with Crippen LogP contribution in [-0.4, -0.2) is 15.0 Å². The average molecular weight is 648 g/mol. The molecule has 3 heterocycles. The van der Waals surface area contributed by atoms with Crippen LogP contribution in [0.5, 0.6) is 0 Å². The minimum atomic E-state index is -0.346. The second-order valence-electron chi connectivity index (χ2n) is 11.9. The van der Waals surface area contributed by atoms with Gasteiger partial charge in [0, 0.05) is 38.2 Å². The van der Waals surface area contributed by atoms with E-state index in [9.17, 15) is 5.48 Å². The minimum Gasteiger partial charge on any atom is -0.456 e. The first-order valence-electron chi connectivity index (χ1n) is 19.1. The van der Waals surface area contributed by atoms with E-state index in [1.54, 1.807) is 0 Å². The Bertz CT molecular complexity index is 3220. The Hall–Kier alpha value is -6.85. The predicted molar refractivity (Wildman–Crippen MR) is 202 cm³/mol. The van der Waals surface area contributed by atoms with E-state index in [1.807, 2.05) is 127 Å². The highest BCUT2D eigenvalue weighted by molar-refractivity contribution is 6.08. The first-order chi connectivity index (χ1) is 27.3. The van der Waals surface area contributed by atoms with Crippen molar-refractivity contribution in [2.24, 2.45) is 0 Å². The van der Waals surface area contributed by atoms with Gasteiger partial charge in [0.1, 0.15) is 22.3 Å². The molecule has 0 atom stereocenters. The number of hydrogen-bond acceptors (Lipinski definition) is 5. The molecule has 0 bridgehead atoms. The monoisotopic (exact) mass is 647 g/mol. The molecule has 234 valence electrons. The lowest BCUT2D eigenvalue weighted by molar-refractivity contribution is 0.668. The molecule has 50 heavy (non-hydrogen) atoms. The summed E-state index contributed by atoms with van der Waals surface area (Å²) in [6.45, 7) is 0. The lowest BCUT2D eigenvalue weighted by Gasteiger charge is -2.10. The molecule has 7 aromatic carbocycles. The first-order valence-corrected chi connectivity index (χ1v) is 16.1. The molecule has 0 saturated heterocycles. The molecule has 0 aliphatic rings. The summed E-state index contributed by atoms with van der Waals surface area (Å²) in [6, 6.07) is 38.2. The smallest absolute Gasteiger partial charge is 0.164 e. The Labute approximate surface area is 295 Å². The van der Waals surface area contributed by atoms with E-state index in [0.717, 1.165) is 27.5 Å². The molecular weight excluding hydrogens is 615 g/mol. The molecule has 0 unspecified atom stereocenters. The van der Waals surface area contributed by atoms with Gasteiger partial charge in [0.05, 0.1) is 8.22 Å². The summed E-state index contributed by atoms with van der Waals surface area (Å²) in [5.41, 5.74) is 4.85. The van der Waals surface area contributed by atoms with E-state index in [4.69, 9.17) is 26.5 Å². The Balaban J connectivity index is 1.21. The number of rotatable bonds is 5. The van der Waals surface area contributed by atoms with Crippen molar-refractivity contribution in [3.8, 4) is 56.4 Å². The fourth-order valence-electron chi connectivity index (χ4n) is 6.41. The van der Waals surface area contributed by atoms with Gasteiger partial charge in [0.15, 0.2) is 17.5 Å². The van der Waals surface area contributed by atoms with Crippen molar-refractivity contribution in [3.05, 3.63) is 164 Å². The van der Waals surface area contributed by atoms with Gasteiger partial charge in [0.25, 0.3) is 0 Å². The maximum absolute atomic E-state index is 9.46. The third kappa shape index (κ3) is 4.75. The second kappa shape index (κ2) is 11.4. The van der Waals surface area contributed by atoms with E-state index in [2.05, 4.69) is 0 Å². The number of benzene rings is 7. The molecule has 10 rings (SSSR count). The zero-order valence-corrected chi connectivity index (χ0v) is 26.3. The van der Waals surface area contributed by atoms with Crippen LogP contribution in [-0.2, 0) is 0 Å². The van der Waals surface area contributed by atoms with Gasteiger partial charge in [-0.2, -0.15) is 0 Å². The van der Waals surface area contributed by atoms with E-state index in [1.165, 1.54) is 0 Å². The third-order valence-corrected chi connectivity index (χ3v) is 8.82. The summed E-state index contributed by atoms with van der Waals surface area (Å²) in [6.07, 6.45) is 0. The highest BCUT2D eigenvalue weighted by Crippen LogP contribution is 2.38. The summed E-state index contributed by atoms with van der Waals surface area (Å²) in [4.78, 5) is 14.4. The molecule has 0 saturated carbocycles. The average Bonchev–Trinajstić information content (AvgIpc) is 3.83. The van der Waals surface area contributed by atoms with Gasteiger partial charge < -0.3 is 8.83 Å². The SMILES string of the molecule is [2H]c1c(-c2ccccc2-c2ccccc2)c([2H])c2c(oc3c([2H])c(-c4nc(-c5ccccc5)nc(-c5ccc6c(c5)oc5ccccc56)n4)c([2H])c([2H])c32)c1[2H]. The zero-order valence-electron chi connectivity index (χ0n) is 32.3. The molecule has 0 spiro atoms. The van der Waals surface area contributed by atoms with E-state index in [-0.39, 0.29) is 81.0 Å². The fraction of sp³-hybridized carbons (Fsp3) is 0. The van der Waals surface area contributed by atoms with Crippen LogP contribution < -0.4 is 0 Å². The Morgan fingerprint density at radius 1 is 0.360 bits per heavy atom. The normalized spacial score (nSPS) is 13.3. The Kier molecular flexibility index (Phi) is 5.17. The summed E-state index contributed by atoms with van der Waals surface area (Å²) in [5.74, 6) is 0.557. The van der Waals surface area contributed by atoms with Gasteiger partial charge in [-0.25, -0.2) is 15.0 Å². The number of hydrogen-bond donors (Lipinski definition) is 0. The van der Waals surface area contributed by atoms with Crippen LogP contribution >= 0.6 is 0 Å². The highest BCUT2D eigenvalue weighted by atomic mass is 16.3. The van der Waals surface area contributed by atoms with Crippen molar-refractivity contribution in [2.45, 2.75) is 0 Å². The summed E-state index contributed by atoms with van der Waals surface area (Å²) >= 11 is 0. The number of fused-ring (bicyclic) bond motifs is 6. The maximum Gasteiger partial charge on any atom is 0.164 e. The Morgan fingerprint density at radius 2 is 0.960 bits per heavy atom. The number of aromatic nitrogens is 3. The minimum absolute atomic E-state index is 0.0136. The zero-order chi connectivity index (χ0) is 38.2. The van der Waals surface area contributed by atoms with Crippen molar-refractivity contribution in [1.82, 2.24) is 15.0 Å². The van der Waals surface area contributed by atoms with Gasteiger partial charge in [-0.15, -0.1) is 0 Å². The van der Waals surface area contributed by atoms with Gasteiger partial charge in [-0.1, -0.05) is 121 Å². The molecule has 3 aromatic heterocycles. The van der Waals surface area contributed by atoms with E-state index in [0.29, 0.717) is 28.1 Å². The molecule has 0 aliphatic carbocycles. The number of nitrogens with zero attached hydrogens (tertiary/aromatic N) is 3. The number of para-hydroxylation sites is 1. The molecule has 10 aromatic rings. The number of furan rings is 2. The second-order valence-corrected chi connectivity index (χ2v) is 11.9. The third-order valence-electron chi connectivity index (χ3n) is 8.82. The van der Waals surface area contributed by atoms with Crippen LogP contribution in [0.3, 0.4) is 0 Å². The largest absolute Gasteiger partial charge is 0.456 e. The lowest BCUT2D eigenvalue weighted by Crippen LogP contribution is -2.00. The van der Waals surface area contributed by atoms with Crippen LogP contribution in [0.15, 0.2) is 172 Å². The topological polar surface area (TPSA) is 65.0 Å². The lowest BCUT2D eigenvalue weighted by atomic mass is 9.94. The highest BCUT2D eigenvalue weighted by Gasteiger charge is 2.17. The summed E-state index contributed by atoms with van der Waals surface area (Å²) < 4.78 is 68.0. The molecule has 0 fully saturated rings. The molecule has 5 heteroatoms. The van der Waals surface area contributed by atoms with E-state index >= 15 is 0 Å². The van der Waals surface area contributed by atoms with E-state index < -0.39 is 0 Å². The molecule has 0 aliphatic heterocycles. The fourth-order valence-corrected chi connectivity index (χ4v) is 6.41. The molecular formula is C45H27N3O2. The van der Waals surface area contributed by atoms with Gasteiger partial charge in [-0.05, 0) is 64.6 Å². The predicted octanol–water partition coefficient (Wildman–Crippen LogP) is 12.0. The van der Waals surface area contributed by atoms with Gasteiger partial charge in [-0.3, -0.25) is 0 Å². The van der Waals surface area contributed by atoms with Crippen molar-refractivity contribution in [2.75, 3.05) is 0 Å². The maximum atomic E-state index is 9.46.